The van der Waals surface area contributed by atoms with Gasteiger partial charge in [-0.25, -0.2) is 4.79 Å². The van der Waals surface area contributed by atoms with Crippen molar-refractivity contribution >= 4 is 11.9 Å². The van der Waals surface area contributed by atoms with Crippen LogP contribution in [0.2, 0.25) is 0 Å². The van der Waals surface area contributed by atoms with Gasteiger partial charge >= 0.3 is 6.09 Å². The molecule has 0 atom stereocenters. The molecule has 0 aliphatic carbocycles. The Labute approximate surface area is 165 Å². The molecule has 0 bridgehead atoms. The highest BCUT2D eigenvalue weighted by Gasteiger charge is 2.38. The van der Waals surface area contributed by atoms with E-state index in [2.05, 4.69) is 4.90 Å². The van der Waals surface area contributed by atoms with Crippen LogP contribution in [-0.2, 0) is 11.3 Å². The van der Waals surface area contributed by atoms with E-state index >= 15 is 0 Å². The highest BCUT2D eigenvalue weighted by molar-refractivity contribution is 5.97. The van der Waals surface area contributed by atoms with E-state index in [0.29, 0.717) is 25.7 Å². The van der Waals surface area contributed by atoms with Gasteiger partial charge in [0.1, 0.15) is 6.61 Å². The average molecular weight is 378 g/mol. The molecular weight excluding hydrogens is 352 g/mol. The zero-order valence-electron chi connectivity index (χ0n) is 16.0. The molecule has 2 aromatic carbocycles. The molecule has 28 heavy (non-hydrogen) atoms. The lowest BCUT2D eigenvalue weighted by Gasteiger charge is -2.46. The van der Waals surface area contributed by atoms with E-state index < -0.39 is 0 Å². The molecule has 0 radical (unpaired) electrons. The largest absolute Gasteiger partial charge is 0.445 e. The number of ketones is 1. The maximum atomic E-state index is 12.6. The number of carbonyl (C=O) groups is 2. The lowest BCUT2D eigenvalue weighted by molar-refractivity contribution is 0.00698. The van der Waals surface area contributed by atoms with Crippen LogP contribution in [0, 0.1) is 5.92 Å². The van der Waals surface area contributed by atoms with Crippen molar-refractivity contribution in [2.75, 3.05) is 26.2 Å². The first-order valence-electron chi connectivity index (χ1n) is 9.99. The maximum absolute atomic E-state index is 12.6. The second-order valence-electron chi connectivity index (χ2n) is 7.64. The van der Waals surface area contributed by atoms with E-state index in [1.54, 1.807) is 4.90 Å². The van der Waals surface area contributed by atoms with Gasteiger partial charge in [-0.05, 0) is 31.5 Å². The van der Waals surface area contributed by atoms with Crippen molar-refractivity contribution in [2.45, 2.75) is 25.5 Å². The second kappa shape index (κ2) is 8.57. The Balaban J connectivity index is 1.19. The van der Waals surface area contributed by atoms with Gasteiger partial charge in [0, 0.05) is 30.6 Å². The lowest BCUT2D eigenvalue weighted by Crippen LogP contribution is -2.62. The summed E-state index contributed by atoms with van der Waals surface area (Å²) in [6.45, 7) is 3.57. The Kier molecular flexibility index (Phi) is 5.72. The molecule has 4 rings (SSSR count). The van der Waals surface area contributed by atoms with Crippen LogP contribution >= 0.6 is 0 Å². The predicted octanol–water partition coefficient (Wildman–Crippen LogP) is 3.60. The van der Waals surface area contributed by atoms with Crippen molar-refractivity contribution in [2.24, 2.45) is 5.92 Å². The summed E-state index contributed by atoms with van der Waals surface area (Å²) in [7, 11) is 0. The van der Waals surface area contributed by atoms with E-state index in [4.69, 9.17) is 4.74 Å². The third-order valence-electron chi connectivity index (χ3n) is 5.80. The van der Waals surface area contributed by atoms with Crippen molar-refractivity contribution in [3.63, 3.8) is 0 Å². The first-order valence-corrected chi connectivity index (χ1v) is 9.99. The van der Waals surface area contributed by atoms with Crippen LogP contribution in [0.1, 0.15) is 28.8 Å². The zero-order valence-corrected chi connectivity index (χ0v) is 16.0. The Morgan fingerprint density at radius 1 is 0.893 bits per heavy atom. The summed E-state index contributed by atoms with van der Waals surface area (Å²) in [6, 6.07) is 19.7. The highest BCUT2D eigenvalue weighted by atomic mass is 16.6. The third kappa shape index (κ3) is 4.25. The summed E-state index contributed by atoms with van der Waals surface area (Å²) in [6.07, 6.45) is 1.54. The van der Waals surface area contributed by atoms with E-state index in [-0.39, 0.29) is 17.8 Å². The van der Waals surface area contributed by atoms with Crippen LogP contribution in [0.5, 0.6) is 0 Å². The Morgan fingerprint density at radius 2 is 1.50 bits per heavy atom. The molecule has 5 heteroatoms. The van der Waals surface area contributed by atoms with Crippen LogP contribution in [0.15, 0.2) is 60.7 Å². The van der Waals surface area contributed by atoms with Gasteiger partial charge in [-0.1, -0.05) is 60.7 Å². The number of Topliss-reactive ketones (excluding diaryl/α,β-unsaturated/α-hetero) is 1. The number of nitrogens with zero attached hydrogens (tertiary/aromatic N) is 2. The summed E-state index contributed by atoms with van der Waals surface area (Å²) in [5.41, 5.74) is 1.81. The Morgan fingerprint density at radius 3 is 2.14 bits per heavy atom. The molecule has 146 valence electrons. The molecule has 2 aliphatic heterocycles. The number of carbonyl (C=O) groups excluding carboxylic acids is 2. The van der Waals surface area contributed by atoms with Crippen LogP contribution < -0.4 is 0 Å². The molecule has 0 spiro atoms. The molecule has 0 aromatic heterocycles. The van der Waals surface area contributed by atoms with Gasteiger partial charge < -0.3 is 9.64 Å². The SMILES string of the molecule is O=C(c1ccccc1)C1CCN(C2CN(C(=O)OCc3ccccc3)C2)CC1. The van der Waals surface area contributed by atoms with Crippen LogP contribution in [0.3, 0.4) is 0 Å². The van der Waals surface area contributed by atoms with Gasteiger partial charge in [0.05, 0.1) is 0 Å². The third-order valence-corrected chi connectivity index (χ3v) is 5.80. The first kappa shape index (κ1) is 18.7. The van der Waals surface area contributed by atoms with Crippen molar-refractivity contribution in [3.05, 3.63) is 71.8 Å². The van der Waals surface area contributed by atoms with E-state index in [0.717, 1.165) is 37.1 Å². The van der Waals surface area contributed by atoms with Gasteiger partial charge in [-0.15, -0.1) is 0 Å². The van der Waals surface area contributed by atoms with Crippen LogP contribution in [-0.4, -0.2) is 53.9 Å². The fraction of sp³-hybridized carbons (Fsp3) is 0.391. The second-order valence-corrected chi connectivity index (χ2v) is 7.64. The number of hydrogen-bond acceptors (Lipinski definition) is 4. The standard InChI is InChI=1S/C23H26N2O3/c26-22(19-9-5-2-6-10-19)20-11-13-24(14-12-20)21-15-25(16-21)23(27)28-17-18-7-3-1-4-8-18/h1-10,20-21H,11-17H2. The van der Waals surface area contributed by atoms with Gasteiger partial charge in [0.15, 0.2) is 5.78 Å². The molecule has 0 saturated carbocycles. The van der Waals surface area contributed by atoms with Gasteiger partial charge in [-0.3, -0.25) is 9.69 Å². The van der Waals surface area contributed by atoms with Crippen molar-refractivity contribution in [1.29, 1.82) is 0 Å². The monoisotopic (exact) mass is 378 g/mol. The van der Waals surface area contributed by atoms with Gasteiger partial charge in [0.25, 0.3) is 0 Å². The Hall–Kier alpha value is -2.66. The first-order chi connectivity index (χ1) is 13.7. The number of ether oxygens (including phenoxy) is 1. The van der Waals surface area contributed by atoms with Crippen molar-refractivity contribution in [3.8, 4) is 0 Å². The van der Waals surface area contributed by atoms with Gasteiger partial charge in [-0.2, -0.15) is 0 Å². The molecular formula is C23H26N2O3. The number of hydrogen-bond donors (Lipinski definition) is 0. The van der Waals surface area contributed by atoms with Crippen molar-refractivity contribution < 1.29 is 14.3 Å². The molecule has 0 unspecified atom stereocenters. The Bertz CT molecular complexity index is 795. The minimum atomic E-state index is -0.241. The predicted molar refractivity (Wildman–Crippen MR) is 107 cm³/mol. The topological polar surface area (TPSA) is 49.9 Å². The number of rotatable bonds is 5. The van der Waals surface area contributed by atoms with E-state index in [9.17, 15) is 9.59 Å². The number of piperidine rings is 1. The van der Waals surface area contributed by atoms with E-state index in [1.165, 1.54) is 0 Å². The van der Waals surface area contributed by atoms with Crippen LogP contribution in [0.4, 0.5) is 4.79 Å². The normalized spacial score (nSPS) is 18.5. The number of likely N-dealkylation sites (tertiary alicyclic amines) is 2. The molecule has 2 fully saturated rings. The minimum Gasteiger partial charge on any atom is -0.445 e. The molecule has 2 aliphatic rings. The number of amides is 1. The average Bonchev–Trinajstić information content (AvgIpc) is 2.72. The summed E-state index contributed by atoms with van der Waals surface area (Å²) in [4.78, 5) is 28.9. The maximum Gasteiger partial charge on any atom is 0.410 e. The molecule has 2 heterocycles. The molecule has 1 amide bonds. The molecule has 5 nitrogen and oxygen atoms in total. The molecule has 2 aromatic rings. The summed E-state index contributed by atoms with van der Waals surface area (Å²) >= 11 is 0. The quantitative estimate of drug-likeness (QED) is 0.746. The fourth-order valence-electron chi connectivity index (χ4n) is 4.01. The summed E-state index contributed by atoms with van der Waals surface area (Å²) in [5.74, 6) is 0.380. The van der Waals surface area contributed by atoms with Gasteiger partial charge in [0.2, 0.25) is 0 Å². The number of benzene rings is 2. The smallest absolute Gasteiger partial charge is 0.410 e. The van der Waals surface area contributed by atoms with Crippen molar-refractivity contribution in [1.82, 2.24) is 9.80 Å². The minimum absolute atomic E-state index is 0.116. The summed E-state index contributed by atoms with van der Waals surface area (Å²) < 4.78 is 5.39. The lowest BCUT2D eigenvalue weighted by atomic mass is 9.88. The molecule has 2 saturated heterocycles. The molecule has 0 N–H and O–H groups in total. The summed E-state index contributed by atoms with van der Waals surface area (Å²) in [5, 5.41) is 0. The zero-order chi connectivity index (χ0) is 19.3. The van der Waals surface area contributed by atoms with Crippen LogP contribution in [0.25, 0.3) is 0 Å². The fourth-order valence-corrected chi connectivity index (χ4v) is 4.01. The van der Waals surface area contributed by atoms with E-state index in [1.807, 2.05) is 60.7 Å². The highest BCUT2D eigenvalue weighted by Crippen LogP contribution is 2.26.